The van der Waals surface area contributed by atoms with E-state index in [1.54, 1.807) is 0 Å². The van der Waals surface area contributed by atoms with Crippen LogP contribution in [0, 0.1) is 0 Å². The SMILES string of the molecule is CC1CC(Oc2cc(C(F)(F)F)nc3c(C(F)(F)F)cccc23)CN1I. The summed E-state index contributed by atoms with van der Waals surface area (Å²) in [6.07, 6.45) is -9.56. The van der Waals surface area contributed by atoms with Gasteiger partial charge in [0.15, 0.2) is 0 Å². The predicted octanol–water partition coefficient (Wildman–Crippen LogP) is 5.46. The van der Waals surface area contributed by atoms with Crippen molar-refractivity contribution in [3.63, 3.8) is 0 Å². The van der Waals surface area contributed by atoms with Crippen molar-refractivity contribution in [2.24, 2.45) is 0 Å². The second kappa shape index (κ2) is 6.70. The van der Waals surface area contributed by atoms with Crippen molar-refractivity contribution in [3.05, 3.63) is 35.5 Å². The van der Waals surface area contributed by atoms with Crippen molar-refractivity contribution in [3.8, 4) is 5.75 Å². The number of hydrogen-bond acceptors (Lipinski definition) is 3. The van der Waals surface area contributed by atoms with Gasteiger partial charge in [0.05, 0.1) is 11.1 Å². The van der Waals surface area contributed by atoms with E-state index in [1.807, 2.05) is 10.0 Å². The van der Waals surface area contributed by atoms with Gasteiger partial charge in [-0.3, -0.25) is 0 Å². The number of benzene rings is 1. The third-order valence-electron chi connectivity index (χ3n) is 4.15. The molecule has 0 spiro atoms. The Bertz CT molecular complexity index is 813. The van der Waals surface area contributed by atoms with Crippen LogP contribution >= 0.6 is 22.9 Å². The van der Waals surface area contributed by atoms with Gasteiger partial charge in [-0.2, -0.15) is 26.3 Å². The smallest absolute Gasteiger partial charge is 0.433 e. The zero-order chi connectivity index (χ0) is 19.3. The largest absolute Gasteiger partial charge is 0.488 e. The number of ether oxygens (including phenoxy) is 1. The van der Waals surface area contributed by atoms with E-state index in [0.717, 1.165) is 6.07 Å². The topological polar surface area (TPSA) is 25.4 Å². The molecule has 0 amide bonds. The van der Waals surface area contributed by atoms with Crippen molar-refractivity contribution >= 4 is 33.8 Å². The van der Waals surface area contributed by atoms with Crippen LogP contribution in [-0.4, -0.2) is 26.8 Å². The van der Waals surface area contributed by atoms with E-state index < -0.39 is 35.2 Å². The second-order valence-electron chi connectivity index (χ2n) is 6.11. The number of hydrogen-bond donors (Lipinski definition) is 0. The minimum Gasteiger partial charge on any atom is -0.488 e. The average Bonchev–Trinajstić information content (AvgIpc) is 2.82. The van der Waals surface area contributed by atoms with Crippen LogP contribution < -0.4 is 4.74 Å². The Morgan fingerprint density at radius 3 is 2.38 bits per heavy atom. The van der Waals surface area contributed by atoms with Gasteiger partial charge in [0.25, 0.3) is 0 Å². The molecule has 3 rings (SSSR count). The summed E-state index contributed by atoms with van der Waals surface area (Å²) in [6, 6.07) is 3.95. The van der Waals surface area contributed by atoms with Gasteiger partial charge in [-0.1, -0.05) is 6.07 Å². The normalized spacial score (nSPS) is 22.2. The molecule has 1 saturated heterocycles. The summed E-state index contributed by atoms with van der Waals surface area (Å²) in [5.41, 5.74) is -3.39. The second-order valence-corrected chi connectivity index (χ2v) is 7.35. The van der Waals surface area contributed by atoms with Crippen LogP contribution in [0.3, 0.4) is 0 Å². The van der Waals surface area contributed by atoms with Gasteiger partial charge in [0, 0.05) is 53.3 Å². The van der Waals surface area contributed by atoms with Crippen molar-refractivity contribution in [1.29, 1.82) is 0 Å². The van der Waals surface area contributed by atoms with E-state index in [9.17, 15) is 26.3 Å². The number of nitrogens with zero attached hydrogens (tertiary/aromatic N) is 2. The lowest BCUT2D eigenvalue weighted by atomic mass is 10.1. The van der Waals surface area contributed by atoms with Crippen LogP contribution in [0.15, 0.2) is 24.3 Å². The Labute approximate surface area is 158 Å². The lowest BCUT2D eigenvalue weighted by Gasteiger charge is -2.18. The van der Waals surface area contributed by atoms with Crippen molar-refractivity contribution in [1.82, 2.24) is 8.10 Å². The highest BCUT2D eigenvalue weighted by molar-refractivity contribution is 14.1. The molecule has 0 aliphatic carbocycles. The highest BCUT2D eigenvalue weighted by atomic mass is 127. The standard InChI is InChI=1S/C16H13F6IN2O/c1-8-5-9(7-25(8)23)26-12-6-13(16(20,21)22)24-14-10(12)3-2-4-11(14)15(17,18)19/h2-4,6,8-9H,5,7H2,1H3. The number of para-hydroxylation sites is 1. The number of halogens is 7. The summed E-state index contributed by atoms with van der Waals surface area (Å²) >= 11 is 2.08. The third-order valence-corrected chi connectivity index (χ3v) is 5.50. The monoisotopic (exact) mass is 490 g/mol. The van der Waals surface area contributed by atoms with Gasteiger partial charge in [0.2, 0.25) is 0 Å². The molecule has 0 saturated carbocycles. The molecule has 1 aliphatic rings. The van der Waals surface area contributed by atoms with Crippen LogP contribution in [0.4, 0.5) is 26.3 Å². The summed E-state index contributed by atoms with van der Waals surface area (Å²) in [7, 11) is 0. The number of rotatable bonds is 2. The maximum absolute atomic E-state index is 13.2. The molecule has 2 unspecified atom stereocenters. The van der Waals surface area contributed by atoms with Gasteiger partial charge in [0.1, 0.15) is 17.5 Å². The Kier molecular flexibility index (Phi) is 5.01. The first-order valence-corrected chi connectivity index (χ1v) is 8.60. The molecule has 2 aromatic rings. The molecule has 142 valence electrons. The van der Waals surface area contributed by atoms with Gasteiger partial charge in [-0.25, -0.2) is 8.10 Å². The van der Waals surface area contributed by atoms with E-state index in [4.69, 9.17) is 4.74 Å². The van der Waals surface area contributed by atoms with Crippen molar-refractivity contribution in [2.45, 2.75) is 37.8 Å². The maximum atomic E-state index is 13.2. The van der Waals surface area contributed by atoms with Crippen LogP contribution in [0.5, 0.6) is 5.75 Å². The van der Waals surface area contributed by atoms with E-state index in [1.165, 1.54) is 6.07 Å². The zero-order valence-electron chi connectivity index (χ0n) is 13.3. The molecule has 3 nitrogen and oxygen atoms in total. The zero-order valence-corrected chi connectivity index (χ0v) is 15.5. The number of aromatic nitrogens is 1. The van der Waals surface area contributed by atoms with Gasteiger partial charge >= 0.3 is 12.4 Å². The van der Waals surface area contributed by atoms with E-state index >= 15 is 0 Å². The molecule has 1 aromatic carbocycles. The molecule has 0 radical (unpaired) electrons. The maximum Gasteiger partial charge on any atom is 0.433 e. The molecule has 0 bridgehead atoms. The summed E-state index contributed by atoms with van der Waals surface area (Å²) in [4.78, 5) is 3.24. The summed E-state index contributed by atoms with van der Waals surface area (Å²) in [5, 5.41) is -0.0904. The molecular formula is C16H13F6IN2O. The Morgan fingerprint density at radius 2 is 1.85 bits per heavy atom. The number of pyridine rings is 1. The molecule has 1 aromatic heterocycles. The quantitative estimate of drug-likeness (QED) is 0.318. The van der Waals surface area contributed by atoms with Crippen molar-refractivity contribution < 1.29 is 31.1 Å². The van der Waals surface area contributed by atoms with Crippen LogP contribution in [0.2, 0.25) is 0 Å². The highest BCUT2D eigenvalue weighted by Crippen LogP contribution is 2.40. The van der Waals surface area contributed by atoms with E-state index in [2.05, 4.69) is 27.8 Å². The van der Waals surface area contributed by atoms with Crippen LogP contribution in [0.1, 0.15) is 24.6 Å². The van der Waals surface area contributed by atoms with Gasteiger partial charge in [-0.15, -0.1) is 0 Å². The fourth-order valence-corrected chi connectivity index (χ4v) is 3.56. The first-order valence-electron chi connectivity index (χ1n) is 7.64. The lowest BCUT2D eigenvalue weighted by Crippen LogP contribution is -2.20. The minimum atomic E-state index is -4.89. The molecule has 1 aliphatic heterocycles. The molecule has 0 N–H and O–H groups in total. The Balaban J connectivity index is 2.15. The Morgan fingerprint density at radius 1 is 1.15 bits per heavy atom. The molecule has 2 heterocycles. The van der Waals surface area contributed by atoms with Crippen LogP contribution in [-0.2, 0) is 12.4 Å². The summed E-state index contributed by atoms with van der Waals surface area (Å²) in [6.45, 7) is 2.40. The molecular weight excluding hydrogens is 477 g/mol. The minimum absolute atomic E-state index is 0.0904. The third kappa shape index (κ3) is 3.85. The predicted molar refractivity (Wildman–Crippen MR) is 91.0 cm³/mol. The summed E-state index contributed by atoms with van der Waals surface area (Å²) < 4.78 is 86.7. The lowest BCUT2D eigenvalue weighted by molar-refractivity contribution is -0.142. The van der Waals surface area contributed by atoms with Crippen LogP contribution in [0.25, 0.3) is 10.9 Å². The first-order chi connectivity index (χ1) is 12.0. The Hall–Kier alpha value is -1.30. The van der Waals surface area contributed by atoms with Gasteiger partial charge < -0.3 is 4.74 Å². The van der Waals surface area contributed by atoms with E-state index in [-0.39, 0.29) is 17.2 Å². The molecule has 10 heteroatoms. The molecule has 1 fully saturated rings. The molecule has 2 atom stereocenters. The fourth-order valence-electron chi connectivity index (χ4n) is 2.90. The number of fused-ring (bicyclic) bond motifs is 1. The van der Waals surface area contributed by atoms with Crippen molar-refractivity contribution in [2.75, 3.05) is 6.54 Å². The van der Waals surface area contributed by atoms with E-state index in [0.29, 0.717) is 25.1 Å². The fraction of sp³-hybridized carbons (Fsp3) is 0.438. The van der Waals surface area contributed by atoms with Gasteiger partial charge in [-0.05, 0) is 19.1 Å². The molecule has 26 heavy (non-hydrogen) atoms. The highest BCUT2D eigenvalue weighted by Gasteiger charge is 2.38. The first kappa shape index (κ1) is 19.5. The number of alkyl halides is 6. The average molecular weight is 490 g/mol. The summed E-state index contributed by atoms with van der Waals surface area (Å²) in [5.74, 6) is -0.239.